The molecular weight excluding hydrogens is 200 g/mol. The highest BCUT2D eigenvalue weighted by Gasteiger charge is 2.03. The van der Waals surface area contributed by atoms with Crippen LogP contribution >= 0.6 is 0 Å². The Labute approximate surface area is 99.9 Å². The first-order valence-electron chi connectivity index (χ1n) is 6.67. The maximum absolute atomic E-state index is 3.53. The zero-order chi connectivity index (χ0) is 11.6. The van der Waals surface area contributed by atoms with Gasteiger partial charge in [0.25, 0.3) is 0 Å². The van der Waals surface area contributed by atoms with Gasteiger partial charge in [0.2, 0.25) is 0 Å². The standard InChI is InChI=1S/C12H28N4/c1-11-9-13-5-4-8-16-12(2)10-14-6-3-7-15-11/h11-16H,3-10H2,1-2H3/t11-,12-/m0/s1. The third kappa shape index (κ3) is 7.17. The van der Waals surface area contributed by atoms with Crippen molar-refractivity contribution in [2.24, 2.45) is 0 Å². The molecule has 1 aliphatic rings. The Morgan fingerprint density at radius 1 is 0.688 bits per heavy atom. The first-order chi connectivity index (χ1) is 7.79. The molecule has 1 rings (SSSR count). The molecule has 4 N–H and O–H groups in total. The van der Waals surface area contributed by atoms with Crippen molar-refractivity contribution < 1.29 is 0 Å². The molecule has 1 saturated heterocycles. The fourth-order valence-corrected chi connectivity index (χ4v) is 1.91. The monoisotopic (exact) mass is 228 g/mol. The van der Waals surface area contributed by atoms with E-state index < -0.39 is 0 Å². The normalized spacial score (nSPS) is 31.9. The zero-order valence-corrected chi connectivity index (χ0v) is 10.8. The molecule has 0 saturated carbocycles. The predicted octanol–water partition coefficient (Wildman–Crippen LogP) is -0.0844. The first kappa shape index (κ1) is 13.9. The highest BCUT2D eigenvalue weighted by Crippen LogP contribution is 1.85. The molecule has 1 fully saturated rings. The Morgan fingerprint density at radius 3 is 1.56 bits per heavy atom. The van der Waals surface area contributed by atoms with Crippen LogP contribution in [0, 0.1) is 0 Å². The summed E-state index contributed by atoms with van der Waals surface area (Å²) < 4.78 is 0. The molecule has 0 aromatic rings. The molecule has 4 nitrogen and oxygen atoms in total. The topological polar surface area (TPSA) is 48.1 Å². The van der Waals surface area contributed by atoms with Crippen LogP contribution in [0.4, 0.5) is 0 Å². The Balaban J connectivity index is 2.18. The van der Waals surface area contributed by atoms with Gasteiger partial charge in [0, 0.05) is 25.2 Å². The molecule has 1 heterocycles. The summed E-state index contributed by atoms with van der Waals surface area (Å²) >= 11 is 0. The van der Waals surface area contributed by atoms with Gasteiger partial charge in [0.1, 0.15) is 0 Å². The van der Waals surface area contributed by atoms with Gasteiger partial charge in [-0.25, -0.2) is 0 Å². The lowest BCUT2D eigenvalue weighted by Gasteiger charge is -2.18. The molecule has 0 spiro atoms. The molecule has 0 radical (unpaired) electrons. The Morgan fingerprint density at radius 2 is 1.12 bits per heavy atom. The Kier molecular flexibility index (Phi) is 7.76. The van der Waals surface area contributed by atoms with Crippen molar-refractivity contribution in [3.63, 3.8) is 0 Å². The van der Waals surface area contributed by atoms with Crippen LogP contribution in [0.25, 0.3) is 0 Å². The van der Waals surface area contributed by atoms with Gasteiger partial charge in [-0.05, 0) is 52.9 Å². The average Bonchev–Trinajstić information content (AvgIpc) is 2.27. The van der Waals surface area contributed by atoms with E-state index >= 15 is 0 Å². The van der Waals surface area contributed by atoms with Gasteiger partial charge in [-0.3, -0.25) is 0 Å². The average molecular weight is 228 g/mol. The third-order valence-corrected chi connectivity index (χ3v) is 2.95. The van der Waals surface area contributed by atoms with Crippen molar-refractivity contribution in [3.8, 4) is 0 Å². The van der Waals surface area contributed by atoms with Gasteiger partial charge in [-0.15, -0.1) is 0 Å². The summed E-state index contributed by atoms with van der Waals surface area (Å²) in [5, 5.41) is 14.0. The lowest BCUT2D eigenvalue weighted by atomic mass is 10.2. The summed E-state index contributed by atoms with van der Waals surface area (Å²) in [6.07, 6.45) is 2.41. The van der Waals surface area contributed by atoms with E-state index in [4.69, 9.17) is 0 Å². The molecule has 96 valence electrons. The minimum atomic E-state index is 0.579. The van der Waals surface area contributed by atoms with Gasteiger partial charge >= 0.3 is 0 Å². The van der Waals surface area contributed by atoms with Crippen LogP contribution in [0.2, 0.25) is 0 Å². The highest BCUT2D eigenvalue weighted by molar-refractivity contribution is 4.68. The van der Waals surface area contributed by atoms with E-state index in [-0.39, 0.29) is 0 Å². The van der Waals surface area contributed by atoms with Gasteiger partial charge in [0.15, 0.2) is 0 Å². The number of hydrogen-bond donors (Lipinski definition) is 4. The van der Waals surface area contributed by atoms with Gasteiger partial charge in [0.05, 0.1) is 0 Å². The lowest BCUT2D eigenvalue weighted by Crippen LogP contribution is -2.41. The van der Waals surface area contributed by atoms with Crippen molar-refractivity contribution in [2.75, 3.05) is 39.3 Å². The summed E-state index contributed by atoms with van der Waals surface area (Å²) in [5.74, 6) is 0. The van der Waals surface area contributed by atoms with Crippen LogP contribution in [0.3, 0.4) is 0 Å². The fourth-order valence-electron chi connectivity index (χ4n) is 1.91. The summed E-state index contributed by atoms with van der Waals surface area (Å²) in [4.78, 5) is 0. The molecule has 0 aromatic carbocycles. The molecule has 0 aliphatic carbocycles. The van der Waals surface area contributed by atoms with Crippen molar-refractivity contribution in [3.05, 3.63) is 0 Å². The van der Waals surface area contributed by atoms with Crippen LogP contribution in [0.5, 0.6) is 0 Å². The quantitative estimate of drug-likeness (QED) is 0.468. The summed E-state index contributed by atoms with van der Waals surface area (Å²) in [7, 11) is 0. The second-order valence-corrected chi connectivity index (χ2v) is 4.83. The summed E-state index contributed by atoms with van der Waals surface area (Å²) in [6, 6.07) is 1.16. The van der Waals surface area contributed by atoms with E-state index in [1.807, 2.05) is 0 Å². The second-order valence-electron chi connectivity index (χ2n) is 4.83. The van der Waals surface area contributed by atoms with Crippen molar-refractivity contribution in [2.45, 2.75) is 38.8 Å². The maximum Gasteiger partial charge on any atom is 0.0164 e. The lowest BCUT2D eigenvalue weighted by molar-refractivity contribution is 0.448. The molecule has 0 unspecified atom stereocenters. The number of hydrogen-bond acceptors (Lipinski definition) is 4. The van der Waals surface area contributed by atoms with E-state index in [1.165, 1.54) is 12.8 Å². The van der Waals surface area contributed by atoms with Gasteiger partial charge in [-0.1, -0.05) is 0 Å². The van der Waals surface area contributed by atoms with E-state index in [2.05, 4.69) is 35.1 Å². The van der Waals surface area contributed by atoms with Gasteiger partial charge < -0.3 is 21.3 Å². The summed E-state index contributed by atoms with van der Waals surface area (Å²) in [5.41, 5.74) is 0. The number of nitrogens with one attached hydrogen (secondary N) is 4. The van der Waals surface area contributed by atoms with E-state index in [0.717, 1.165) is 39.3 Å². The Hall–Kier alpha value is -0.160. The smallest absolute Gasteiger partial charge is 0.0164 e. The number of rotatable bonds is 0. The molecular formula is C12H28N4. The van der Waals surface area contributed by atoms with E-state index in [1.54, 1.807) is 0 Å². The molecule has 0 bridgehead atoms. The predicted molar refractivity (Wildman–Crippen MR) is 69.9 cm³/mol. The van der Waals surface area contributed by atoms with E-state index in [0.29, 0.717) is 12.1 Å². The molecule has 2 atom stereocenters. The van der Waals surface area contributed by atoms with Crippen LogP contribution in [-0.4, -0.2) is 51.4 Å². The molecule has 0 amide bonds. The third-order valence-electron chi connectivity index (χ3n) is 2.95. The highest BCUT2D eigenvalue weighted by atomic mass is 15.0. The van der Waals surface area contributed by atoms with Crippen LogP contribution < -0.4 is 21.3 Å². The van der Waals surface area contributed by atoms with Crippen molar-refractivity contribution in [1.29, 1.82) is 0 Å². The van der Waals surface area contributed by atoms with Crippen molar-refractivity contribution >= 4 is 0 Å². The van der Waals surface area contributed by atoms with Crippen LogP contribution in [0.15, 0.2) is 0 Å². The minimum absolute atomic E-state index is 0.579. The SMILES string of the molecule is C[C@H]1CNCCCN[C@@H](C)CNCCCN1. The van der Waals surface area contributed by atoms with Crippen molar-refractivity contribution in [1.82, 2.24) is 21.3 Å². The second kappa shape index (κ2) is 8.93. The van der Waals surface area contributed by atoms with E-state index in [9.17, 15) is 0 Å². The molecule has 0 aromatic heterocycles. The minimum Gasteiger partial charge on any atom is -0.315 e. The molecule has 4 heteroatoms. The Bertz CT molecular complexity index is 129. The first-order valence-corrected chi connectivity index (χ1v) is 6.67. The largest absolute Gasteiger partial charge is 0.315 e. The molecule has 1 aliphatic heterocycles. The zero-order valence-electron chi connectivity index (χ0n) is 10.8. The fraction of sp³-hybridized carbons (Fsp3) is 1.00. The van der Waals surface area contributed by atoms with Gasteiger partial charge in [-0.2, -0.15) is 0 Å². The molecule has 16 heavy (non-hydrogen) atoms. The summed E-state index contributed by atoms with van der Waals surface area (Å²) in [6.45, 7) is 11.1. The van der Waals surface area contributed by atoms with Crippen LogP contribution in [0.1, 0.15) is 26.7 Å². The maximum atomic E-state index is 3.53. The van der Waals surface area contributed by atoms with Crippen LogP contribution in [-0.2, 0) is 0 Å².